The van der Waals surface area contributed by atoms with Crippen molar-refractivity contribution in [3.8, 4) is 0 Å². The lowest BCUT2D eigenvalue weighted by molar-refractivity contribution is -0.385. The molecule has 2 aromatic carbocycles. The van der Waals surface area contributed by atoms with Crippen molar-refractivity contribution in [3.05, 3.63) is 68.7 Å². The summed E-state index contributed by atoms with van der Waals surface area (Å²) in [6, 6.07) is 11.0. The van der Waals surface area contributed by atoms with Crippen LogP contribution in [-0.2, 0) is 9.53 Å². The average molecular weight is 405 g/mol. The summed E-state index contributed by atoms with van der Waals surface area (Å²) in [5.41, 5.74) is 0.863. The molecular weight excluding hydrogens is 384 g/mol. The number of hydrogen-bond acceptors (Lipinski definition) is 5. The van der Waals surface area contributed by atoms with E-state index in [-0.39, 0.29) is 16.5 Å². The number of nitrogens with zero attached hydrogens (tertiary/aromatic N) is 1. The van der Waals surface area contributed by atoms with Gasteiger partial charge in [-0.05, 0) is 43.0 Å². The van der Waals surface area contributed by atoms with E-state index in [0.29, 0.717) is 5.69 Å². The van der Waals surface area contributed by atoms with Crippen LogP contribution in [0.25, 0.3) is 0 Å². The molecule has 1 amide bonds. The van der Waals surface area contributed by atoms with Gasteiger partial charge in [-0.3, -0.25) is 14.9 Å². The first-order valence-corrected chi connectivity index (χ1v) is 9.17. The van der Waals surface area contributed by atoms with Crippen LogP contribution >= 0.6 is 11.6 Å². The number of anilines is 1. The molecule has 0 aliphatic rings. The van der Waals surface area contributed by atoms with Crippen LogP contribution in [0.5, 0.6) is 0 Å². The zero-order valence-electron chi connectivity index (χ0n) is 15.8. The van der Waals surface area contributed by atoms with Crippen LogP contribution in [0.15, 0.2) is 42.5 Å². The predicted molar refractivity (Wildman–Crippen MR) is 107 cm³/mol. The van der Waals surface area contributed by atoms with E-state index in [4.69, 9.17) is 16.3 Å². The predicted octanol–water partition coefficient (Wildman–Crippen LogP) is 4.95. The van der Waals surface area contributed by atoms with Gasteiger partial charge in [0, 0.05) is 16.8 Å². The van der Waals surface area contributed by atoms with E-state index in [1.54, 1.807) is 12.1 Å². The molecule has 0 fully saturated rings. The Labute approximate surface area is 167 Å². The van der Waals surface area contributed by atoms with Crippen molar-refractivity contribution >= 4 is 34.9 Å². The number of carbonyl (C=O) groups is 2. The van der Waals surface area contributed by atoms with Crippen LogP contribution in [0, 0.1) is 10.1 Å². The van der Waals surface area contributed by atoms with E-state index in [2.05, 4.69) is 5.32 Å². The Bertz CT molecular complexity index is 900. The van der Waals surface area contributed by atoms with Crippen LogP contribution < -0.4 is 5.32 Å². The summed E-state index contributed by atoms with van der Waals surface area (Å²) in [5, 5.41) is 14.0. The molecule has 2 unspecified atom stereocenters. The highest BCUT2D eigenvalue weighted by Crippen LogP contribution is 2.27. The third-order valence-corrected chi connectivity index (χ3v) is 4.63. The molecular formula is C20H21ClN2O5. The molecule has 1 N–H and O–H groups in total. The van der Waals surface area contributed by atoms with Gasteiger partial charge in [0.05, 0.1) is 4.92 Å². The van der Waals surface area contributed by atoms with Gasteiger partial charge in [-0.25, -0.2) is 4.79 Å². The average Bonchev–Trinajstić information content (AvgIpc) is 2.67. The summed E-state index contributed by atoms with van der Waals surface area (Å²) in [7, 11) is 0. The summed E-state index contributed by atoms with van der Waals surface area (Å²) >= 11 is 5.82. The first-order valence-electron chi connectivity index (χ1n) is 8.79. The molecule has 0 aliphatic heterocycles. The largest absolute Gasteiger partial charge is 0.449 e. The summed E-state index contributed by atoms with van der Waals surface area (Å²) in [5.74, 6) is -1.29. The summed E-state index contributed by atoms with van der Waals surface area (Å²) in [6.07, 6.45) is -0.258. The minimum atomic E-state index is -1.16. The third kappa shape index (κ3) is 5.07. The van der Waals surface area contributed by atoms with Crippen molar-refractivity contribution in [2.45, 2.75) is 39.2 Å². The molecule has 2 aromatic rings. The van der Waals surface area contributed by atoms with Crippen molar-refractivity contribution in [1.29, 1.82) is 0 Å². The number of halogens is 1. The monoisotopic (exact) mass is 404 g/mol. The molecule has 0 saturated carbocycles. The van der Waals surface area contributed by atoms with Gasteiger partial charge in [-0.15, -0.1) is 0 Å². The van der Waals surface area contributed by atoms with Crippen LogP contribution in [0.1, 0.15) is 49.0 Å². The molecule has 0 heterocycles. The van der Waals surface area contributed by atoms with E-state index < -0.39 is 28.6 Å². The van der Waals surface area contributed by atoms with Crippen molar-refractivity contribution in [2.24, 2.45) is 0 Å². The maximum absolute atomic E-state index is 12.5. The van der Waals surface area contributed by atoms with Gasteiger partial charge in [0.2, 0.25) is 0 Å². The van der Waals surface area contributed by atoms with Crippen molar-refractivity contribution < 1.29 is 19.2 Å². The van der Waals surface area contributed by atoms with Gasteiger partial charge in [-0.1, -0.05) is 43.6 Å². The number of para-hydroxylation sites is 1. The minimum Gasteiger partial charge on any atom is -0.449 e. The highest BCUT2D eigenvalue weighted by atomic mass is 35.5. The number of nitrogens with one attached hydrogen (secondary N) is 1. The van der Waals surface area contributed by atoms with E-state index >= 15 is 0 Å². The van der Waals surface area contributed by atoms with Gasteiger partial charge in [-0.2, -0.15) is 0 Å². The SMILES string of the molecule is CCC(C)c1ccccc1NC(=O)C(C)OC(=O)c1cc(Cl)ccc1[N+](=O)[O-]. The summed E-state index contributed by atoms with van der Waals surface area (Å²) in [4.78, 5) is 35.2. The molecule has 0 aliphatic carbocycles. The Morgan fingerprint density at radius 1 is 1.21 bits per heavy atom. The fraction of sp³-hybridized carbons (Fsp3) is 0.300. The number of carbonyl (C=O) groups excluding carboxylic acids is 2. The molecule has 0 saturated heterocycles. The van der Waals surface area contributed by atoms with E-state index in [1.165, 1.54) is 13.0 Å². The third-order valence-electron chi connectivity index (χ3n) is 4.39. The molecule has 0 aromatic heterocycles. The Balaban J connectivity index is 2.15. The maximum Gasteiger partial charge on any atom is 0.345 e. The lowest BCUT2D eigenvalue weighted by Gasteiger charge is -2.18. The fourth-order valence-corrected chi connectivity index (χ4v) is 2.78. The van der Waals surface area contributed by atoms with Crippen LogP contribution in [0.4, 0.5) is 11.4 Å². The van der Waals surface area contributed by atoms with Gasteiger partial charge in [0.1, 0.15) is 5.56 Å². The molecule has 148 valence electrons. The molecule has 0 spiro atoms. The molecule has 2 rings (SSSR count). The Morgan fingerprint density at radius 3 is 2.54 bits per heavy atom. The molecule has 8 heteroatoms. The normalized spacial score (nSPS) is 12.7. The standard InChI is InChI=1S/C20H21ClN2O5/c1-4-12(2)15-7-5-6-8-17(15)22-19(24)13(3)28-20(25)16-11-14(21)9-10-18(16)23(26)27/h5-13H,4H2,1-3H3,(H,22,24). The number of ether oxygens (including phenoxy) is 1. The second kappa shape index (κ2) is 9.32. The molecule has 0 radical (unpaired) electrons. The minimum absolute atomic E-state index is 0.150. The topological polar surface area (TPSA) is 98.5 Å². The highest BCUT2D eigenvalue weighted by Gasteiger charge is 2.26. The highest BCUT2D eigenvalue weighted by molar-refractivity contribution is 6.31. The lowest BCUT2D eigenvalue weighted by Crippen LogP contribution is -2.30. The summed E-state index contributed by atoms with van der Waals surface area (Å²) < 4.78 is 5.13. The molecule has 0 bridgehead atoms. The number of esters is 1. The van der Waals surface area contributed by atoms with E-state index in [1.807, 2.05) is 26.0 Å². The lowest BCUT2D eigenvalue weighted by atomic mass is 9.97. The first kappa shape index (κ1) is 21.4. The maximum atomic E-state index is 12.5. The van der Waals surface area contributed by atoms with Crippen molar-refractivity contribution in [1.82, 2.24) is 0 Å². The number of amides is 1. The van der Waals surface area contributed by atoms with Crippen molar-refractivity contribution in [2.75, 3.05) is 5.32 Å². The van der Waals surface area contributed by atoms with Crippen LogP contribution in [-0.4, -0.2) is 22.9 Å². The van der Waals surface area contributed by atoms with E-state index in [0.717, 1.165) is 24.1 Å². The number of nitro benzene ring substituents is 1. The summed E-state index contributed by atoms with van der Waals surface area (Å²) in [6.45, 7) is 5.49. The van der Waals surface area contributed by atoms with Gasteiger partial charge < -0.3 is 10.1 Å². The Morgan fingerprint density at radius 2 is 1.89 bits per heavy atom. The number of benzene rings is 2. The fourth-order valence-electron chi connectivity index (χ4n) is 2.60. The first-order chi connectivity index (χ1) is 13.2. The molecule has 28 heavy (non-hydrogen) atoms. The zero-order chi connectivity index (χ0) is 20.8. The Hall–Kier alpha value is -2.93. The quantitative estimate of drug-likeness (QED) is 0.400. The van der Waals surface area contributed by atoms with Gasteiger partial charge in [0.25, 0.3) is 11.6 Å². The van der Waals surface area contributed by atoms with E-state index in [9.17, 15) is 19.7 Å². The van der Waals surface area contributed by atoms with Gasteiger partial charge >= 0.3 is 5.97 Å². The Kier molecular flexibility index (Phi) is 7.12. The number of rotatable bonds is 7. The number of nitro groups is 1. The van der Waals surface area contributed by atoms with Gasteiger partial charge in [0.15, 0.2) is 6.10 Å². The van der Waals surface area contributed by atoms with Crippen LogP contribution in [0.2, 0.25) is 5.02 Å². The molecule has 2 atom stereocenters. The smallest absolute Gasteiger partial charge is 0.345 e. The van der Waals surface area contributed by atoms with Crippen molar-refractivity contribution in [3.63, 3.8) is 0 Å². The van der Waals surface area contributed by atoms with Crippen LogP contribution in [0.3, 0.4) is 0 Å². The zero-order valence-corrected chi connectivity index (χ0v) is 16.5. The number of hydrogen-bond donors (Lipinski definition) is 1. The molecule has 7 nitrogen and oxygen atoms in total. The second-order valence-electron chi connectivity index (χ2n) is 6.35. The second-order valence-corrected chi connectivity index (χ2v) is 6.79.